The van der Waals surface area contributed by atoms with E-state index >= 15 is 0 Å². The highest BCUT2D eigenvalue weighted by molar-refractivity contribution is 4.83. The third-order valence-corrected chi connectivity index (χ3v) is 8.91. The third-order valence-electron chi connectivity index (χ3n) is 8.91. The first-order valence-corrected chi connectivity index (χ1v) is 18.4. The smallest absolute Gasteiger partial charge is 0.234 e. The van der Waals surface area contributed by atoms with Crippen molar-refractivity contribution in [1.82, 2.24) is 4.57 Å². The minimum atomic E-state index is 1.16. The summed E-state index contributed by atoms with van der Waals surface area (Å²) in [5, 5.41) is 0. The van der Waals surface area contributed by atoms with Gasteiger partial charge in [-0.3, -0.25) is 0 Å². The van der Waals surface area contributed by atoms with Crippen LogP contribution in [-0.2, 0) is 19.5 Å². The Balaban J connectivity index is 1.93. The van der Waals surface area contributed by atoms with E-state index in [-0.39, 0.29) is 0 Å². The molecule has 0 fully saturated rings. The minimum absolute atomic E-state index is 1.16. The van der Waals surface area contributed by atoms with Crippen molar-refractivity contribution in [2.75, 3.05) is 0 Å². The standard InChI is InChI=1S/C37H73N2/c1-4-7-9-11-13-15-17-18-19-20-21-22-24-26-28-30-32-34-39-36-35-38(37(39)6-3)33-31-29-27-25-23-16-14-12-10-8-5-2/h35-36H,4-34H2,1-3H3/q+1. The lowest BCUT2D eigenvalue weighted by atomic mass is 10.0. The van der Waals surface area contributed by atoms with Gasteiger partial charge in [0.1, 0.15) is 12.4 Å². The van der Waals surface area contributed by atoms with Crippen LogP contribution in [0.25, 0.3) is 0 Å². The number of nitrogens with zero attached hydrogens (tertiary/aromatic N) is 2. The number of imidazole rings is 1. The van der Waals surface area contributed by atoms with Crippen molar-refractivity contribution in [3.05, 3.63) is 18.2 Å². The molecule has 0 atom stereocenters. The van der Waals surface area contributed by atoms with E-state index < -0.39 is 0 Å². The molecule has 2 heteroatoms. The van der Waals surface area contributed by atoms with Crippen LogP contribution in [-0.4, -0.2) is 4.57 Å². The Bertz CT molecular complexity index is 605. The molecule has 0 unspecified atom stereocenters. The predicted octanol–water partition coefficient (Wildman–Crippen LogP) is 12.3. The SMILES string of the molecule is CCCCCCCCCCCCCCCCCCCn1cc[n+](CCCCCCCCCCCCC)c1CC. The van der Waals surface area contributed by atoms with Gasteiger partial charge in [-0.2, -0.15) is 0 Å². The van der Waals surface area contributed by atoms with Gasteiger partial charge in [0, 0.05) is 6.42 Å². The van der Waals surface area contributed by atoms with Crippen molar-refractivity contribution in [3.8, 4) is 0 Å². The molecule has 0 spiro atoms. The lowest BCUT2D eigenvalue weighted by Gasteiger charge is -2.05. The van der Waals surface area contributed by atoms with Crippen LogP contribution in [0.15, 0.2) is 12.4 Å². The molecule has 0 amide bonds. The Morgan fingerprint density at radius 1 is 0.436 bits per heavy atom. The zero-order chi connectivity index (χ0) is 28.1. The lowest BCUT2D eigenvalue weighted by molar-refractivity contribution is -0.704. The summed E-state index contributed by atoms with van der Waals surface area (Å²) in [6.07, 6.45) is 46.2. The van der Waals surface area contributed by atoms with Gasteiger partial charge in [0.25, 0.3) is 5.82 Å². The van der Waals surface area contributed by atoms with E-state index in [4.69, 9.17) is 0 Å². The average Bonchev–Trinajstić information content (AvgIpc) is 3.34. The Kier molecular flexibility index (Phi) is 26.7. The average molecular weight is 546 g/mol. The summed E-state index contributed by atoms with van der Waals surface area (Å²) in [5.41, 5.74) is 0. The van der Waals surface area contributed by atoms with Crippen LogP contribution in [0.1, 0.15) is 206 Å². The molecule has 0 bridgehead atoms. The first-order valence-electron chi connectivity index (χ1n) is 18.4. The monoisotopic (exact) mass is 546 g/mol. The molecule has 0 aromatic carbocycles. The second-order valence-electron chi connectivity index (χ2n) is 12.6. The molecule has 0 saturated heterocycles. The Morgan fingerprint density at radius 2 is 0.769 bits per heavy atom. The van der Waals surface area contributed by atoms with Crippen molar-refractivity contribution >= 4 is 0 Å². The Morgan fingerprint density at radius 3 is 1.13 bits per heavy atom. The molecule has 0 radical (unpaired) electrons. The van der Waals surface area contributed by atoms with E-state index in [1.54, 1.807) is 5.82 Å². The molecule has 1 heterocycles. The summed E-state index contributed by atoms with van der Waals surface area (Å²) in [6.45, 7) is 9.37. The van der Waals surface area contributed by atoms with Gasteiger partial charge in [-0.15, -0.1) is 0 Å². The summed E-state index contributed by atoms with van der Waals surface area (Å²) in [5.74, 6) is 1.54. The highest BCUT2D eigenvalue weighted by Gasteiger charge is 2.14. The molecule has 1 aromatic heterocycles. The number of unbranched alkanes of at least 4 members (excludes halogenated alkanes) is 26. The maximum Gasteiger partial charge on any atom is 0.256 e. The van der Waals surface area contributed by atoms with Crippen molar-refractivity contribution in [1.29, 1.82) is 0 Å². The molecular formula is C37H73N2+. The number of hydrogen-bond donors (Lipinski definition) is 0. The number of hydrogen-bond acceptors (Lipinski definition) is 0. The molecule has 0 N–H and O–H groups in total. The summed E-state index contributed by atoms with van der Waals surface area (Å²) in [4.78, 5) is 0. The van der Waals surface area contributed by atoms with Gasteiger partial charge < -0.3 is 0 Å². The minimum Gasteiger partial charge on any atom is -0.234 e. The molecule has 0 aliphatic heterocycles. The van der Waals surface area contributed by atoms with Gasteiger partial charge in [-0.25, -0.2) is 9.13 Å². The molecule has 1 aromatic rings. The van der Waals surface area contributed by atoms with E-state index in [1.807, 2.05) is 0 Å². The van der Waals surface area contributed by atoms with Gasteiger partial charge in [0.2, 0.25) is 0 Å². The normalized spacial score (nSPS) is 11.6. The third kappa shape index (κ3) is 21.6. The van der Waals surface area contributed by atoms with Gasteiger partial charge in [0.05, 0.1) is 13.1 Å². The maximum atomic E-state index is 2.55. The Labute approximate surface area is 247 Å². The Hall–Kier alpha value is -0.790. The van der Waals surface area contributed by atoms with Crippen LogP contribution < -0.4 is 4.57 Å². The number of rotatable bonds is 31. The second kappa shape index (κ2) is 28.7. The first kappa shape index (κ1) is 36.2. The fraction of sp³-hybridized carbons (Fsp3) is 0.919. The van der Waals surface area contributed by atoms with Crippen molar-refractivity contribution in [2.24, 2.45) is 0 Å². The fourth-order valence-electron chi connectivity index (χ4n) is 6.26. The van der Waals surface area contributed by atoms with Crippen LogP contribution in [0.3, 0.4) is 0 Å². The number of aryl methyl sites for hydroxylation is 2. The molecule has 39 heavy (non-hydrogen) atoms. The summed E-state index contributed by atoms with van der Waals surface area (Å²) >= 11 is 0. The van der Waals surface area contributed by atoms with Crippen LogP contribution in [0.4, 0.5) is 0 Å². The quantitative estimate of drug-likeness (QED) is 0.0648. The zero-order valence-corrected chi connectivity index (χ0v) is 27.5. The van der Waals surface area contributed by atoms with E-state index in [0.717, 1.165) is 6.42 Å². The van der Waals surface area contributed by atoms with Gasteiger partial charge in [-0.1, -0.05) is 175 Å². The van der Waals surface area contributed by atoms with Crippen molar-refractivity contribution < 1.29 is 4.57 Å². The molecule has 0 aliphatic carbocycles. The topological polar surface area (TPSA) is 8.81 Å². The molecule has 0 saturated carbocycles. The fourth-order valence-corrected chi connectivity index (χ4v) is 6.26. The van der Waals surface area contributed by atoms with Gasteiger partial charge in [0.15, 0.2) is 0 Å². The van der Waals surface area contributed by atoms with E-state index in [1.165, 1.54) is 193 Å². The van der Waals surface area contributed by atoms with Gasteiger partial charge in [-0.05, 0) is 25.7 Å². The van der Waals surface area contributed by atoms with Crippen LogP contribution >= 0.6 is 0 Å². The zero-order valence-electron chi connectivity index (χ0n) is 27.5. The van der Waals surface area contributed by atoms with Crippen LogP contribution in [0.2, 0.25) is 0 Å². The molecule has 2 nitrogen and oxygen atoms in total. The van der Waals surface area contributed by atoms with E-state index in [2.05, 4.69) is 42.3 Å². The highest BCUT2D eigenvalue weighted by atomic mass is 15.1. The largest absolute Gasteiger partial charge is 0.256 e. The maximum absolute atomic E-state index is 2.55. The van der Waals surface area contributed by atoms with Crippen LogP contribution in [0.5, 0.6) is 0 Å². The number of aromatic nitrogens is 2. The highest BCUT2D eigenvalue weighted by Crippen LogP contribution is 2.15. The predicted molar refractivity (Wildman–Crippen MR) is 175 cm³/mol. The second-order valence-corrected chi connectivity index (χ2v) is 12.6. The first-order chi connectivity index (χ1) is 19.3. The van der Waals surface area contributed by atoms with Crippen molar-refractivity contribution in [3.63, 3.8) is 0 Å². The van der Waals surface area contributed by atoms with Gasteiger partial charge >= 0.3 is 0 Å². The van der Waals surface area contributed by atoms with Crippen molar-refractivity contribution in [2.45, 2.75) is 220 Å². The molecule has 0 aliphatic rings. The summed E-state index contributed by atoms with van der Waals surface area (Å²) in [6, 6.07) is 0. The lowest BCUT2D eigenvalue weighted by Crippen LogP contribution is -2.37. The summed E-state index contributed by atoms with van der Waals surface area (Å²) in [7, 11) is 0. The summed E-state index contributed by atoms with van der Waals surface area (Å²) < 4.78 is 5.09. The molecule has 1 rings (SSSR count). The van der Waals surface area contributed by atoms with E-state index in [0.29, 0.717) is 0 Å². The molecule has 230 valence electrons. The van der Waals surface area contributed by atoms with Crippen LogP contribution in [0, 0.1) is 0 Å². The molecular weight excluding hydrogens is 472 g/mol. The van der Waals surface area contributed by atoms with E-state index in [9.17, 15) is 0 Å².